The van der Waals surface area contributed by atoms with Gasteiger partial charge in [-0.2, -0.15) is 4.98 Å². The molecule has 2 heterocycles. The van der Waals surface area contributed by atoms with Gasteiger partial charge in [0.15, 0.2) is 0 Å². The second-order valence-corrected chi connectivity index (χ2v) is 5.93. The smallest absolute Gasteiger partial charge is 0.248 e. The topological polar surface area (TPSA) is 88.5 Å². The normalized spacial score (nSPS) is 11.3. The molecule has 1 amide bonds. The van der Waals surface area contributed by atoms with Crippen molar-refractivity contribution in [3.05, 3.63) is 35.9 Å². The van der Waals surface area contributed by atoms with Crippen molar-refractivity contribution in [3.63, 3.8) is 0 Å². The predicted octanol–water partition coefficient (Wildman–Crippen LogP) is 2.39. The van der Waals surface area contributed by atoms with E-state index in [1.54, 1.807) is 6.33 Å². The minimum atomic E-state index is -0.0968. The van der Waals surface area contributed by atoms with Crippen LogP contribution >= 0.6 is 0 Å². The lowest BCUT2D eigenvalue weighted by molar-refractivity contribution is -0.116. The van der Waals surface area contributed by atoms with Crippen LogP contribution in [0.1, 0.15) is 37.6 Å². The molecular formula is C16H20N6O. The number of aryl methyl sites for hydroxylation is 2. The fraction of sp³-hybridized carbons (Fsp3) is 0.375. The van der Waals surface area contributed by atoms with Gasteiger partial charge in [-0.1, -0.05) is 19.9 Å². The van der Waals surface area contributed by atoms with Crippen LogP contribution in [0.5, 0.6) is 0 Å². The van der Waals surface area contributed by atoms with Crippen molar-refractivity contribution in [1.29, 1.82) is 0 Å². The second-order valence-electron chi connectivity index (χ2n) is 5.93. The van der Waals surface area contributed by atoms with Gasteiger partial charge >= 0.3 is 0 Å². The molecule has 0 saturated heterocycles. The molecule has 0 radical (unpaired) electrons. The van der Waals surface area contributed by atoms with Gasteiger partial charge in [-0.05, 0) is 24.1 Å². The van der Waals surface area contributed by atoms with Crippen LogP contribution in [-0.4, -0.2) is 30.6 Å². The monoisotopic (exact) mass is 312 g/mol. The molecular weight excluding hydrogens is 292 g/mol. The van der Waals surface area contributed by atoms with Crippen molar-refractivity contribution in [3.8, 4) is 0 Å². The number of hydrogen-bond donors (Lipinski definition) is 2. The minimum absolute atomic E-state index is 0.0968. The Morgan fingerprint density at radius 3 is 2.96 bits per heavy atom. The molecule has 7 nitrogen and oxygen atoms in total. The Morgan fingerprint density at radius 1 is 1.39 bits per heavy atom. The molecule has 2 N–H and O–H groups in total. The molecule has 120 valence electrons. The van der Waals surface area contributed by atoms with Crippen molar-refractivity contribution >= 4 is 22.9 Å². The van der Waals surface area contributed by atoms with E-state index in [2.05, 4.69) is 25.5 Å². The van der Waals surface area contributed by atoms with E-state index >= 15 is 0 Å². The summed E-state index contributed by atoms with van der Waals surface area (Å²) >= 11 is 0. The molecule has 0 fully saturated rings. The van der Waals surface area contributed by atoms with Crippen molar-refractivity contribution in [2.45, 2.75) is 32.6 Å². The van der Waals surface area contributed by atoms with Crippen molar-refractivity contribution in [2.24, 2.45) is 7.05 Å². The highest BCUT2D eigenvalue weighted by atomic mass is 16.1. The number of benzene rings is 1. The van der Waals surface area contributed by atoms with Gasteiger partial charge in [-0.15, -0.1) is 5.10 Å². The first-order valence-corrected chi connectivity index (χ1v) is 7.65. The maximum atomic E-state index is 12.0. The Balaban J connectivity index is 1.58. The van der Waals surface area contributed by atoms with Crippen LogP contribution in [0.4, 0.5) is 5.95 Å². The number of imidazole rings is 1. The molecule has 0 saturated carbocycles. The SMILES string of the molecule is CC(C)c1nc(NC(=O)CCc2ccc3c(c2)ncn3C)n[nH]1. The summed E-state index contributed by atoms with van der Waals surface area (Å²) in [5.74, 6) is 1.25. The molecule has 7 heteroatoms. The summed E-state index contributed by atoms with van der Waals surface area (Å²) in [5.41, 5.74) is 3.12. The summed E-state index contributed by atoms with van der Waals surface area (Å²) in [6.07, 6.45) is 2.82. The third-order valence-electron chi connectivity index (χ3n) is 3.73. The number of aromatic nitrogens is 5. The van der Waals surface area contributed by atoms with Crippen molar-refractivity contribution in [1.82, 2.24) is 24.7 Å². The Hall–Kier alpha value is -2.70. The molecule has 3 aromatic rings. The number of amides is 1. The number of nitrogens with one attached hydrogen (secondary N) is 2. The van der Waals surface area contributed by atoms with E-state index in [-0.39, 0.29) is 11.8 Å². The average Bonchev–Trinajstić information content (AvgIpc) is 3.13. The van der Waals surface area contributed by atoms with E-state index in [1.807, 2.05) is 43.7 Å². The number of nitrogens with zero attached hydrogens (tertiary/aromatic N) is 4. The first-order valence-electron chi connectivity index (χ1n) is 7.65. The van der Waals surface area contributed by atoms with Gasteiger partial charge in [0.05, 0.1) is 17.4 Å². The van der Waals surface area contributed by atoms with Gasteiger partial charge in [0.25, 0.3) is 0 Å². The van der Waals surface area contributed by atoms with E-state index in [1.165, 1.54) is 0 Å². The van der Waals surface area contributed by atoms with E-state index in [0.29, 0.717) is 18.8 Å². The Labute approximate surface area is 134 Å². The quantitative estimate of drug-likeness (QED) is 0.757. The van der Waals surface area contributed by atoms with E-state index in [4.69, 9.17) is 0 Å². The van der Waals surface area contributed by atoms with Crippen LogP contribution in [0, 0.1) is 0 Å². The molecule has 0 spiro atoms. The standard InChI is InChI=1S/C16H20N6O/c1-10(2)15-19-16(21-20-15)18-14(23)7-5-11-4-6-13-12(8-11)17-9-22(13)3/h4,6,8-10H,5,7H2,1-3H3,(H2,18,19,20,21,23). The zero-order valence-electron chi connectivity index (χ0n) is 13.5. The largest absolute Gasteiger partial charge is 0.334 e. The minimum Gasteiger partial charge on any atom is -0.334 e. The molecule has 1 aromatic carbocycles. The summed E-state index contributed by atoms with van der Waals surface area (Å²) in [4.78, 5) is 20.6. The third-order valence-corrected chi connectivity index (χ3v) is 3.73. The summed E-state index contributed by atoms with van der Waals surface area (Å²) in [5, 5.41) is 9.53. The fourth-order valence-electron chi connectivity index (χ4n) is 2.37. The summed E-state index contributed by atoms with van der Waals surface area (Å²) in [6, 6.07) is 6.08. The van der Waals surface area contributed by atoms with E-state index in [0.717, 1.165) is 22.4 Å². The Kier molecular flexibility index (Phi) is 4.10. The highest BCUT2D eigenvalue weighted by Gasteiger charge is 2.10. The molecule has 0 aliphatic heterocycles. The first-order chi connectivity index (χ1) is 11.0. The number of aromatic amines is 1. The van der Waals surface area contributed by atoms with Crippen LogP contribution < -0.4 is 5.32 Å². The highest BCUT2D eigenvalue weighted by molar-refractivity contribution is 5.89. The van der Waals surface area contributed by atoms with Gasteiger partial charge in [-0.3, -0.25) is 15.2 Å². The Bertz CT molecular complexity index is 832. The summed E-state index contributed by atoms with van der Waals surface area (Å²) in [7, 11) is 1.96. The number of hydrogen-bond acceptors (Lipinski definition) is 4. The Morgan fingerprint density at radius 2 is 2.22 bits per heavy atom. The van der Waals surface area contributed by atoms with Crippen LogP contribution in [0.3, 0.4) is 0 Å². The molecule has 0 atom stereocenters. The lowest BCUT2D eigenvalue weighted by atomic mass is 10.1. The number of carbonyl (C=O) groups is 1. The third kappa shape index (κ3) is 3.39. The molecule has 23 heavy (non-hydrogen) atoms. The fourth-order valence-corrected chi connectivity index (χ4v) is 2.37. The number of carbonyl (C=O) groups excluding carboxylic acids is 1. The number of rotatable bonds is 5. The summed E-state index contributed by atoms with van der Waals surface area (Å²) < 4.78 is 1.97. The molecule has 2 aromatic heterocycles. The van der Waals surface area contributed by atoms with Crippen LogP contribution in [0.15, 0.2) is 24.5 Å². The van der Waals surface area contributed by atoms with E-state index in [9.17, 15) is 4.79 Å². The van der Waals surface area contributed by atoms with Crippen LogP contribution in [-0.2, 0) is 18.3 Å². The predicted molar refractivity (Wildman–Crippen MR) is 88.1 cm³/mol. The van der Waals surface area contributed by atoms with Gasteiger partial charge in [0.2, 0.25) is 11.9 Å². The van der Waals surface area contributed by atoms with Gasteiger partial charge < -0.3 is 4.57 Å². The van der Waals surface area contributed by atoms with Crippen LogP contribution in [0.2, 0.25) is 0 Å². The molecule has 0 bridgehead atoms. The van der Waals surface area contributed by atoms with Crippen LogP contribution in [0.25, 0.3) is 11.0 Å². The maximum absolute atomic E-state index is 12.0. The molecule has 0 aliphatic rings. The zero-order valence-corrected chi connectivity index (χ0v) is 13.5. The van der Waals surface area contributed by atoms with Crippen molar-refractivity contribution < 1.29 is 4.79 Å². The number of H-pyrrole nitrogens is 1. The summed E-state index contributed by atoms with van der Waals surface area (Å²) in [6.45, 7) is 4.03. The number of anilines is 1. The van der Waals surface area contributed by atoms with Gasteiger partial charge in [0.1, 0.15) is 5.82 Å². The highest BCUT2D eigenvalue weighted by Crippen LogP contribution is 2.15. The molecule has 3 rings (SSSR count). The number of fused-ring (bicyclic) bond motifs is 1. The first kappa shape index (κ1) is 15.2. The average molecular weight is 312 g/mol. The maximum Gasteiger partial charge on any atom is 0.248 e. The molecule has 0 unspecified atom stereocenters. The second kappa shape index (κ2) is 6.20. The lowest BCUT2D eigenvalue weighted by Gasteiger charge is -2.03. The van der Waals surface area contributed by atoms with Gasteiger partial charge in [-0.25, -0.2) is 4.98 Å². The van der Waals surface area contributed by atoms with Gasteiger partial charge in [0, 0.05) is 19.4 Å². The zero-order chi connectivity index (χ0) is 16.4. The lowest BCUT2D eigenvalue weighted by Crippen LogP contribution is -2.13. The van der Waals surface area contributed by atoms with Crippen molar-refractivity contribution in [2.75, 3.05) is 5.32 Å². The molecule has 0 aliphatic carbocycles. The van der Waals surface area contributed by atoms with E-state index < -0.39 is 0 Å².